The Hall–Kier alpha value is -1.95. The molecule has 2 aromatic rings. The van der Waals surface area contributed by atoms with Crippen molar-refractivity contribution in [2.24, 2.45) is 0 Å². The van der Waals surface area contributed by atoms with Crippen molar-refractivity contribution in [2.75, 3.05) is 4.72 Å². The molecule has 0 saturated heterocycles. The Balaban J connectivity index is 2.35. The molecular formula is C13H13FN2O2S. The summed E-state index contributed by atoms with van der Waals surface area (Å²) in [5.74, 6) is -0.658. The predicted octanol–water partition coefficient (Wildman–Crippen LogP) is 2.64. The van der Waals surface area contributed by atoms with Crippen molar-refractivity contribution in [2.45, 2.75) is 18.7 Å². The Morgan fingerprint density at radius 3 is 2.47 bits per heavy atom. The van der Waals surface area contributed by atoms with Gasteiger partial charge in [0, 0.05) is 0 Å². The number of halogens is 1. The third-order valence-electron chi connectivity index (χ3n) is 2.60. The number of benzene rings is 1. The predicted molar refractivity (Wildman–Crippen MR) is 70.9 cm³/mol. The van der Waals surface area contributed by atoms with E-state index in [4.69, 9.17) is 0 Å². The van der Waals surface area contributed by atoms with Crippen LogP contribution in [0.15, 0.2) is 41.4 Å². The number of anilines is 1. The second-order valence-corrected chi connectivity index (χ2v) is 5.89. The molecule has 0 aliphatic heterocycles. The quantitative estimate of drug-likeness (QED) is 0.879. The SMILES string of the molecule is Cc1ccc(S(=O)(=O)Nc2ccc(F)nc2)c(C)c1. The summed E-state index contributed by atoms with van der Waals surface area (Å²) >= 11 is 0. The van der Waals surface area contributed by atoms with Crippen LogP contribution in [0.3, 0.4) is 0 Å². The molecule has 0 fully saturated rings. The van der Waals surface area contributed by atoms with Gasteiger partial charge in [0.25, 0.3) is 10.0 Å². The van der Waals surface area contributed by atoms with Crippen molar-refractivity contribution in [1.29, 1.82) is 0 Å². The molecular weight excluding hydrogens is 267 g/mol. The molecule has 1 heterocycles. The van der Waals surface area contributed by atoms with E-state index in [2.05, 4.69) is 9.71 Å². The van der Waals surface area contributed by atoms with Crippen LogP contribution in [0.5, 0.6) is 0 Å². The monoisotopic (exact) mass is 280 g/mol. The smallest absolute Gasteiger partial charge is 0.262 e. The lowest BCUT2D eigenvalue weighted by Crippen LogP contribution is -2.14. The molecule has 1 aromatic carbocycles. The minimum absolute atomic E-state index is 0.197. The lowest BCUT2D eigenvalue weighted by Gasteiger charge is -2.10. The van der Waals surface area contributed by atoms with Gasteiger partial charge in [-0.05, 0) is 37.6 Å². The zero-order valence-corrected chi connectivity index (χ0v) is 11.3. The number of hydrogen-bond acceptors (Lipinski definition) is 3. The first-order valence-corrected chi connectivity index (χ1v) is 7.08. The number of pyridine rings is 1. The molecule has 100 valence electrons. The standard InChI is InChI=1S/C13H13FN2O2S/c1-9-3-5-12(10(2)7-9)19(17,18)16-11-4-6-13(14)15-8-11/h3-8,16H,1-2H3. The minimum Gasteiger partial charge on any atom is -0.278 e. The molecule has 4 nitrogen and oxygen atoms in total. The Labute approximate surface area is 111 Å². The molecule has 0 unspecified atom stereocenters. The van der Waals surface area contributed by atoms with E-state index in [-0.39, 0.29) is 10.6 Å². The maximum absolute atomic E-state index is 12.7. The van der Waals surface area contributed by atoms with E-state index in [1.165, 1.54) is 6.07 Å². The summed E-state index contributed by atoms with van der Waals surface area (Å²) in [6, 6.07) is 7.48. The lowest BCUT2D eigenvalue weighted by molar-refractivity contribution is 0.583. The van der Waals surface area contributed by atoms with Gasteiger partial charge in [-0.15, -0.1) is 0 Å². The molecule has 1 N–H and O–H groups in total. The lowest BCUT2D eigenvalue weighted by atomic mass is 10.2. The number of aryl methyl sites for hydroxylation is 2. The van der Waals surface area contributed by atoms with E-state index in [1.54, 1.807) is 25.1 Å². The molecule has 0 amide bonds. The largest absolute Gasteiger partial charge is 0.278 e. The topological polar surface area (TPSA) is 59.1 Å². The van der Waals surface area contributed by atoms with Gasteiger partial charge < -0.3 is 0 Å². The zero-order valence-electron chi connectivity index (χ0n) is 10.5. The highest BCUT2D eigenvalue weighted by Crippen LogP contribution is 2.19. The second kappa shape index (κ2) is 4.97. The van der Waals surface area contributed by atoms with Crippen molar-refractivity contribution in [3.63, 3.8) is 0 Å². The fraction of sp³-hybridized carbons (Fsp3) is 0.154. The molecule has 6 heteroatoms. The van der Waals surface area contributed by atoms with Crippen LogP contribution >= 0.6 is 0 Å². The first kappa shape index (κ1) is 13.5. The van der Waals surface area contributed by atoms with Crippen LogP contribution in [0.2, 0.25) is 0 Å². The molecule has 0 radical (unpaired) electrons. The van der Waals surface area contributed by atoms with Crippen LogP contribution in [0.1, 0.15) is 11.1 Å². The third-order valence-corrected chi connectivity index (χ3v) is 4.14. The molecule has 0 aliphatic rings. The number of rotatable bonds is 3. The van der Waals surface area contributed by atoms with Crippen LogP contribution in [-0.2, 0) is 10.0 Å². The fourth-order valence-electron chi connectivity index (χ4n) is 1.75. The highest BCUT2D eigenvalue weighted by molar-refractivity contribution is 7.92. The fourth-order valence-corrected chi connectivity index (χ4v) is 3.02. The average molecular weight is 280 g/mol. The minimum atomic E-state index is -3.69. The number of aromatic nitrogens is 1. The summed E-state index contributed by atoms with van der Waals surface area (Å²) in [5.41, 5.74) is 1.86. The number of nitrogens with one attached hydrogen (secondary N) is 1. The van der Waals surface area contributed by atoms with Crippen molar-refractivity contribution in [3.8, 4) is 0 Å². The van der Waals surface area contributed by atoms with E-state index in [9.17, 15) is 12.8 Å². The van der Waals surface area contributed by atoms with Crippen molar-refractivity contribution >= 4 is 15.7 Å². The first-order valence-electron chi connectivity index (χ1n) is 5.60. The van der Waals surface area contributed by atoms with Crippen LogP contribution < -0.4 is 4.72 Å². The third kappa shape index (κ3) is 3.08. The van der Waals surface area contributed by atoms with Gasteiger partial charge in [-0.1, -0.05) is 17.7 Å². The summed E-state index contributed by atoms with van der Waals surface area (Å²) < 4.78 is 39.4. The molecule has 2 rings (SSSR count). The molecule has 1 aromatic heterocycles. The van der Waals surface area contributed by atoms with Gasteiger partial charge in [0.15, 0.2) is 0 Å². The van der Waals surface area contributed by atoms with Gasteiger partial charge in [-0.3, -0.25) is 4.72 Å². The first-order chi connectivity index (χ1) is 8.88. The molecule has 0 aliphatic carbocycles. The molecule has 0 spiro atoms. The van der Waals surface area contributed by atoms with Gasteiger partial charge in [0.05, 0.1) is 16.8 Å². The highest BCUT2D eigenvalue weighted by atomic mass is 32.2. The van der Waals surface area contributed by atoms with E-state index in [0.29, 0.717) is 5.56 Å². The molecule has 0 bridgehead atoms. The van der Waals surface area contributed by atoms with Crippen molar-refractivity contribution in [3.05, 3.63) is 53.6 Å². The van der Waals surface area contributed by atoms with E-state index in [0.717, 1.165) is 17.8 Å². The van der Waals surface area contributed by atoms with Gasteiger partial charge in [0.1, 0.15) is 0 Å². The maximum atomic E-state index is 12.7. The summed E-state index contributed by atoms with van der Waals surface area (Å²) in [4.78, 5) is 3.60. The highest BCUT2D eigenvalue weighted by Gasteiger charge is 2.16. The molecule has 0 atom stereocenters. The second-order valence-electron chi connectivity index (χ2n) is 4.24. The number of sulfonamides is 1. The Bertz CT molecular complexity index is 697. The van der Waals surface area contributed by atoms with Crippen LogP contribution in [-0.4, -0.2) is 13.4 Å². The van der Waals surface area contributed by atoms with Gasteiger partial charge >= 0.3 is 0 Å². The summed E-state index contributed by atoms with van der Waals surface area (Å²) in [7, 11) is -3.69. The normalized spacial score (nSPS) is 11.3. The summed E-state index contributed by atoms with van der Waals surface area (Å²) in [5, 5.41) is 0. The van der Waals surface area contributed by atoms with E-state index < -0.39 is 16.0 Å². The maximum Gasteiger partial charge on any atom is 0.262 e. The zero-order chi connectivity index (χ0) is 14.0. The van der Waals surface area contributed by atoms with Gasteiger partial charge in [-0.2, -0.15) is 4.39 Å². The molecule has 19 heavy (non-hydrogen) atoms. The van der Waals surface area contributed by atoms with E-state index in [1.807, 2.05) is 6.92 Å². The van der Waals surface area contributed by atoms with Crippen molar-refractivity contribution < 1.29 is 12.8 Å². The molecule has 0 saturated carbocycles. The average Bonchev–Trinajstić information content (AvgIpc) is 2.31. The van der Waals surface area contributed by atoms with Crippen LogP contribution in [0, 0.1) is 19.8 Å². The number of nitrogens with zero attached hydrogens (tertiary/aromatic N) is 1. The Morgan fingerprint density at radius 1 is 1.16 bits per heavy atom. The Kier molecular flexibility index (Phi) is 3.53. The van der Waals surface area contributed by atoms with Gasteiger partial charge in [-0.25, -0.2) is 13.4 Å². The van der Waals surface area contributed by atoms with Crippen LogP contribution in [0.4, 0.5) is 10.1 Å². The van der Waals surface area contributed by atoms with Crippen molar-refractivity contribution in [1.82, 2.24) is 4.98 Å². The summed E-state index contributed by atoms with van der Waals surface area (Å²) in [6.07, 6.45) is 1.14. The summed E-state index contributed by atoms with van der Waals surface area (Å²) in [6.45, 7) is 3.62. The van der Waals surface area contributed by atoms with E-state index >= 15 is 0 Å². The number of hydrogen-bond donors (Lipinski definition) is 1. The van der Waals surface area contributed by atoms with Crippen LogP contribution in [0.25, 0.3) is 0 Å². The van der Waals surface area contributed by atoms with Gasteiger partial charge in [0.2, 0.25) is 5.95 Å². The Morgan fingerprint density at radius 2 is 1.89 bits per heavy atom.